The van der Waals surface area contributed by atoms with Gasteiger partial charge in [-0.15, -0.1) is 0 Å². The van der Waals surface area contributed by atoms with E-state index in [-0.39, 0.29) is 24.5 Å². The van der Waals surface area contributed by atoms with Gasteiger partial charge in [-0.25, -0.2) is 4.79 Å². The fraction of sp³-hybridized carbons (Fsp3) is 0.857. The molecule has 7 heteroatoms. The minimum absolute atomic E-state index is 0.0619. The lowest BCUT2D eigenvalue weighted by Crippen LogP contribution is -2.61. The Morgan fingerprint density at radius 2 is 2.00 bits per heavy atom. The number of hydrogen-bond donors (Lipinski definition) is 2. The maximum absolute atomic E-state index is 12.5. The van der Waals surface area contributed by atoms with E-state index in [9.17, 15) is 9.59 Å². The lowest BCUT2D eigenvalue weighted by atomic mass is 9.84. The van der Waals surface area contributed by atoms with E-state index < -0.39 is 5.97 Å². The molecule has 2 atom stereocenters. The number of morpholine rings is 1. The van der Waals surface area contributed by atoms with E-state index in [0.717, 1.165) is 32.5 Å². The number of carbonyl (C=O) groups is 2. The molecule has 21 heavy (non-hydrogen) atoms. The maximum Gasteiger partial charge on any atom is 0.318 e. The Morgan fingerprint density at radius 1 is 1.24 bits per heavy atom. The van der Waals surface area contributed by atoms with Crippen LogP contribution in [-0.2, 0) is 9.53 Å². The van der Waals surface area contributed by atoms with Gasteiger partial charge in [-0.05, 0) is 31.8 Å². The van der Waals surface area contributed by atoms with Gasteiger partial charge in [0.15, 0.2) is 0 Å². The number of aliphatic carboxylic acids is 1. The first-order valence-corrected chi connectivity index (χ1v) is 7.72. The van der Waals surface area contributed by atoms with E-state index in [1.165, 1.54) is 0 Å². The number of piperidine rings is 3. The van der Waals surface area contributed by atoms with Crippen molar-refractivity contribution in [2.24, 2.45) is 5.92 Å². The van der Waals surface area contributed by atoms with E-state index in [2.05, 4.69) is 10.2 Å². The lowest BCUT2D eigenvalue weighted by molar-refractivity contribution is -0.139. The molecule has 4 saturated heterocycles. The smallest absolute Gasteiger partial charge is 0.318 e. The van der Waals surface area contributed by atoms with Gasteiger partial charge in [0.1, 0.15) is 0 Å². The first kappa shape index (κ1) is 14.6. The van der Waals surface area contributed by atoms with Gasteiger partial charge in [0.25, 0.3) is 0 Å². The van der Waals surface area contributed by atoms with Crippen molar-refractivity contribution in [3.8, 4) is 0 Å². The quantitative estimate of drug-likeness (QED) is 0.764. The van der Waals surface area contributed by atoms with Crippen molar-refractivity contribution in [2.75, 3.05) is 39.4 Å². The third kappa shape index (κ3) is 3.29. The molecule has 0 saturated carbocycles. The molecule has 0 aromatic rings. The normalized spacial score (nSPS) is 35.5. The fourth-order valence-corrected chi connectivity index (χ4v) is 3.66. The molecule has 2 amide bonds. The molecule has 0 spiro atoms. The van der Waals surface area contributed by atoms with Gasteiger partial charge in [0.05, 0.1) is 25.7 Å². The summed E-state index contributed by atoms with van der Waals surface area (Å²) in [6.45, 7) is 4.44. The summed E-state index contributed by atoms with van der Waals surface area (Å²) in [6.07, 6.45) is 2.23. The number of nitrogens with zero attached hydrogens (tertiary/aromatic N) is 2. The fourth-order valence-electron chi connectivity index (χ4n) is 3.66. The highest BCUT2D eigenvalue weighted by atomic mass is 16.5. The molecule has 0 aliphatic carbocycles. The van der Waals surface area contributed by atoms with E-state index in [1.54, 1.807) is 4.90 Å². The van der Waals surface area contributed by atoms with Crippen LogP contribution in [0.4, 0.5) is 4.79 Å². The van der Waals surface area contributed by atoms with Crippen LogP contribution in [0.3, 0.4) is 0 Å². The summed E-state index contributed by atoms with van der Waals surface area (Å²) in [5, 5.41) is 12.1. The minimum atomic E-state index is -0.897. The second-order valence-corrected chi connectivity index (χ2v) is 6.21. The molecule has 4 fully saturated rings. The molecule has 2 unspecified atom stereocenters. The Morgan fingerprint density at radius 3 is 2.62 bits per heavy atom. The van der Waals surface area contributed by atoms with Crippen LogP contribution >= 0.6 is 0 Å². The van der Waals surface area contributed by atoms with Crippen LogP contribution in [0.5, 0.6) is 0 Å². The van der Waals surface area contributed by atoms with Crippen LogP contribution < -0.4 is 5.32 Å². The minimum Gasteiger partial charge on any atom is -0.481 e. The number of amides is 2. The molecule has 0 aromatic carbocycles. The van der Waals surface area contributed by atoms with E-state index in [4.69, 9.17) is 9.84 Å². The Labute approximate surface area is 124 Å². The number of nitrogens with one attached hydrogen (secondary N) is 1. The topological polar surface area (TPSA) is 82.1 Å². The second kappa shape index (κ2) is 6.19. The van der Waals surface area contributed by atoms with Gasteiger partial charge in [0, 0.05) is 19.1 Å². The van der Waals surface area contributed by atoms with Gasteiger partial charge in [-0.2, -0.15) is 0 Å². The number of urea groups is 1. The zero-order chi connectivity index (χ0) is 14.8. The Balaban J connectivity index is 1.59. The van der Waals surface area contributed by atoms with Crippen LogP contribution in [0.15, 0.2) is 0 Å². The van der Waals surface area contributed by atoms with Crippen LogP contribution in [-0.4, -0.2) is 78.4 Å². The SMILES string of the molecule is O=C(O)CC1COCCN1C(=O)NC1CN2CCC1CC2. The Kier molecular flexibility index (Phi) is 4.30. The van der Waals surface area contributed by atoms with Crippen LogP contribution in [0.2, 0.25) is 0 Å². The highest BCUT2D eigenvalue weighted by Gasteiger charge is 2.37. The van der Waals surface area contributed by atoms with Crippen LogP contribution in [0, 0.1) is 5.92 Å². The largest absolute Gasteiger partial charge is 0.481 e. The Bertz CT molecular complexity index is 409. The highest BCUT2D eigenvalue weighted by molar-refractivity contribution is 5.76. The Hall–Kier alpha value is -1.34. The number of ether oxygens (including phenoxy) is 1. The van der Waals surface area contributed by atoms with Crippen molar-refractivity contribution in [2.45, 2.75) is 31.3 Å². The standard InChI is InChI=1S/C14H23N3O4/c18-13(19)7-11-9-21-6-5-17(11)14(20)15-12-8-16-3-1-10(12)2-4-16/h10-12H,1-9H2,(H,15,20)(H,18,19). The molecule has 7 nitrogen and oxygen atoms in total. The molecule has 0 radical (unpaired) electrons. The monoisotopic (exact) mass is 297 g/mol. The van der Waals surface area contributed by atoms with Crippen molar-refractivity contribution in [1.82, 2.24) is 15.1 Å². The molecule has 4 rings (SSSR count). The number of carboxylic acids is 1. The van der Waals surface area contributed by atoms with Crippen LogP contribution in [0.1, 0.15) is 19.3 Å². The van der Waals surface area contributed by atoms with Gasteiger partial charge in [-0.3, -0.25) is 4.79 Å². The molecule has 2 N–H and O–H groups in total. The van der Waals surface area contributed by atoms with Crippen molar-refractivity contribution in [1.29, 1.82) is 0 Å². The summed E-state index contributed by atoms with van der Waals surface area (Å²) in [7, 11) is 0. The van der Waals surface area contributed by atoms with Crippen molar-refractivity contribution in [3.63, 3.8) is 0 Å². The van der Waals surface area contributed by atoms with Gasteiger partial charge in [-0.1, -0.05) is 0 Å². The summed E-state index contributed by atoms with van der Waals surface area (Å²) < 4.78 is 5.31. The third-order valence-electron chi connectivity index (χ3n) is 4.86. The number of rotatable bonds is 3. The molecular formula is C14H23N3O4. The van der Waals surface area contributed by atoms with Crippen molar-refractivity contribution < 1.29 is 19.4 Å². The van der Waals surface area contributed by atoms with Gasteiger partial charge >= 0.3 is 12.0 Å². The molecule has 118 valence electrons. The predicted molar refractivity (Wildman–Crippen MR) is 75.0 cm³/mol. The average molecular weight is 297 g/mol. The molecule has 2 bridgehead atoms. The van der Waals surface area contributed by atoms with E-state index >= 15 is 0 Å². The predicted octanol–water partition coefficient (Wildman–Crippen LogP) is -0.0343. The average Bonchev–Trinajstić information content (AvgIpc) is 2.48. The zero-order valence-electron chi connectivity index (χ0n) is 12.2. The molecule has 0 aromatic heterocycles. The summed E-state index contributed by atoms with van der Waals surface area (Å²) in [4.78, 5) is 27.4. The maximum atomic E-state index is 12.5. The van der Waals surface area contributed by atoms with E-state index in [0.29, 0.717) is 25.7 Å². The van der Waals surface area contributed by atoms with Crippen LogP contribution in [0.25, 0.3) is 0 Å². The zero-order valence-corrected chi connectivity index (χ0v) is 12.2. The molecular weight excluding hydrogens is 274 g/mol. The molecule has 4 aliphatic heterocycles. The number of fused-ring (bicyclic) bond motifs is 3. The van der Waals surface area contributed by atoms with Gasteiger partial charge in [0.2, 0.25) is 0 Å². The number of carbonyl (C=O) groups excluding carboxylic acids is 1. The third-order valence-corrected chi connectivity index (χ3v) is 4.86. The number of hydrogen-bond acceptors (Lipinski definition) is 4. The first-order chi connectivity index (χ1) is 10.1. The van der Waals surface area contributed by atoms with Gasteiger partial charge < -0.3 is 25.0 Å². The lowest BCUT2D eigenvalue weighted by Gasteiger charge is -2.46. The molecule has 4 aliphatic rings. The van der Waals surface area contributed by atoms with Crippen molar-refractivity contribution >= 4 is 12.0 Å². The summed E-state index contributed by atoms with van der Waals surface area (Å²) in [5.41, 5.74) is 0. The summed E-state index contributed by atoms with van der Waals surface area (Å²) in [5.74, 6) is -0.330. The summed E-state index contributed by atoms with van der Waals surface area (Å²) in [6, 6.07) is -0.297. The summed E-state index contributed by atoms with van der Waals surface area (Å²) >= 11 is 0. The number of carboxylic acid groups (broad SMARTS) is 1. The highest BCUT2D eigenvalue weighted by Crippen LogP contribution is 2.27. The second-order valence-electron chi connectivity index (χ2n) is 6.21. The van der Waals surface area contributed by atoms with E-state index in [1.807, 2.05) is 0 Å². The first-order valence-electron chi connectivity index (χ1n) is 7.72. The van der Waals surface area contributed by atoms with Crippen molar-refractivity contribution in [3.05, 3.63) is 0 Å². The molecule has 4 heterocycles.